The Bertz CT molecular complexity index is 679. The molecular weight excluding hydrogens is 276 g/mol. The van der Waals surface area contributed by atoms with Crippen LogP contribution in [0.3, 0.4) is 0 Å². The smallest absolute Gasteiger partial charge is 0.253 e. The summed E-state index contributed by atoms with van der Waals surface area (Å²) in [5.74, 6) is 1.44. The summed E-state index contributed by atoms with van der Waals surface area (Å²) < 4.78 is 5.98. The van der Waals surface area contributed by atoms with E-state index in [0.717, 1.165) is 48.5 Å². The second kappa shape index (κ2) is 5.75. The second-order valence-corrected chi connectivity index (χ2v) is 6.57. The molecule has 4 nitrogen and oxygen atoms in total. The molecule has 0 radical (unpaired) electrons. The highest BCUT2D eigenvalue weighted by Crippen LogP contribution is 2.33. The maximum Gasteiger partial charge on any atom is 0.253 e. The van der Waals surface area contributed by atoms with Crippen molar-refractivity contribution in [2.24, 2.45) is 0 Å². The predicted molar refractivity (Wildman–Crippen MR) is 85.0 cm³/mol. The van der Waals surface area contributed by atoms with Crippen molar-refractivity contribution in [2.75, 3.05) is 13.1 Å². The number of hydrogen-bond acceptors (Lipinski definition) is 3. The van der Waals surface area contributed by atoms with Gasteiger partial charge in [-0.15, -0.1) is 0 Å². The van der Waals surface area contributed by atoms with Gasteiger partial charge in [0.05, 0.1) is 0 Å². The number of oxazole rings is 1. The van der Waals surface area contributed by atoms with E-state index in [0.29, 0.717) is 5.92 Å². The Morgan fingerprint density at radius 2 is 1.86 bits per heavy atom. The minimum absolute atomic E-state index is 0.120. The molecule has 1 aromatic carbocycles. The fraction of sp³-hybridized carbons (Fsp3) is 0.556. The van der Waals surface area contributed by atoms with Crippen molar-refractivity contribution in [1.82, 2.24) is 9.88 Å². The minimum atomic E-state index is 0.120. The first-order chi connectivity index (χ1) is 10.8. The van der Waals surface area contributed by atoms with E-state index in [-0.39, 0.29) is 5.91 Å². The zero-order chi connectivity index (χ0) is 14.9. The molecule has 1 aromatic heterocycles. The van der Waals surface area contributed by atoms with Crippen LogP contribution in [0.25, 0.3) is 11.1 Å². The highest BCUT2D eigenvalue weighted by atomic mass is 16.3. The molecule has 4 rings (SSSR count). The maximum atomic E-state index is 12.5. The Balaban J connectivity index is 1.61. The number of benzene rings is 1. The second-order valence-electron chi connectivity index (χ2n) is 6.57. The molecule has 4 heteroatoms. The molecule has 116 valence electrons. The number of rotatable bonds is 2. The Hall–Kier alpha value is -1.84. The lowest BCUT2D eigenvalue weighted by Crippen LogP contribution is -2.27. The quantitative estimate of drug-likeness (QED) is 0.838. The first-order valence-corrected chi connectivity index (χ1v) is 8.51. The molecule has 0 atom stereocenters. The van der Waals surface area contributed by atoms with Crippen molar-refractivity contribution in [3.05, 3.63) is 29.7 Å². The lowest BCUT2D eigenvalue weighted by Gasteiger charge is -2.17. The summed E-state index contributed by atoms with van der Waals surface area (Å²) in [5, 5.41) is 0. The molecule has 2 aromatic rings. The van der Waals surface area contributed by atoms with Crippen molar-refractivity contribution < 1.29 is 9.21 Å². The third-order valence-corrected chi connectivity index (χ3v) is 5.00. The van der Waals surface area contributed by atoms with Gasteiger partial charge in [0.2, 0.25) is 0 Å². The number of carbonyl (C=O) groups is 1. The molecule has 2 fully saturated rings. The van der Waals surface area contributed by atoms with Gasteiger partial charge in [-0.1, -0.05) is 19.3 Å². The zero-order valence-electron chi connectivity index (χ0n) is 12.9. The summed E-state index contributed by atoms with van der Waals surface area (Å²) in [6, 6.07) is 5.68. The Morgan fingerprint density at radius 1 is 1.09 bits per heavy atom. The highest BCUT2D eigenvalue weighted by molar-refractivity contribution is 5.97. The summed E-state index contributed by atoms with van der Waals surface area (Å²) >= 11 is 0. The molecule has 1 aliphatic carbocycles. The Morgan fingerprint density at radius 3 is 2.64 bits per heavy atom. The van der Waals surface area contributed by atoms with E-state index in [1.165, 1.54) is 32.1 Å². The SMILES string of the molecule is O=C(c1ccc2nc(C3CCCCC3)oc2c1)N1CCCC1. The first kappa shape index (κ1) is 13.8. The third kappa shape index (κ3) is 2.51. The van der Waals surface area contributed by atoms with Gasteiger partial charge in [-0.05, 0) is 43.9 Å². The van der Waals surface area contributed by atoms with Crippen LogP contribution in [0.4, 0.5) is 0 Å². The van der Waals surface area contributed by atoms with Gasteiger partial charge in [0.25, 0.3) is 5.91 Å². The van der Waals surface area contributed by atoms with Gasteiger partial charge >= 0.3 is 0 Å². The number of amides is 1. The van der Waals surface area contributed by atoms with Crippen molar-refractivity contribution in [2.45, 2.75) is 50.9 Å². The van der Waals surface area contributed by atoms with Crippen LogP contribution in [0.2, 0.25) is 0 Å². The van der Waals surface area contributed by atoms with Crippen LogP contribution in [0, 0.1) is 0 Å². The van der Waals surface area contributed by atoms with Gasteiger partial charge in [0, 0.05) is 24.6 Å². The van der Waals surface area contributed by atoms with Crippen LogP contribution >= 0.6 is 0 Å². The Kier molecular flexibility index (Phi) is 3.60. The standard InChI is InChI=1S/C18H22N2O2/c21-18(20-10-4-5-11-20)14-8-9-15-16(12-14)22-17(19-15)13-6-2-1-3-7-13/h8-9,12-13H,1-7,10-11H2. The summed E-state index contributed by atoms with van der Waals surface area (Å²) in [4.78, 5) is 19.0. The van der Waals surface area contributed by atoms with E-state index in [1.54, 1.807) is 0 Å². The maximum absolute atomic E-state index is 12.5. The zero-order valence-corrected chi connectivity index (χ0v) is 12.9. The van der Waals surface area contributed by atoms with E-state index in [9.17, 15) is 4.79 Å². The van der Waals surface area contributed by atoms with Gasteiger partial charge in [-0.2, -0.15) is 0 Å². The van der Waals surface area contributed by atoms with Gasteiger partial charge in [-0.25, -0.2) is 4.98 Å². The molecule has 2 heterocycles. The van der Waals surface area contributed by atoms with E-state index in [1.807, 2.05) is 23.1 Å². The molecule has 0 unspecified atom stereocenters. The number of carbonyl (C=O) groups excluding carboxylic acids is 1. The van der Waals surface area contributed by atoms with Crippen molar-refractivity contribution in [3.8, 4) is 0 Å². The molecule has 0 spiro atoms. The van der Waals surface area contributed by atoms with Crippen molar-refractivity contribution in [1.29, 1.82) is 0 Å². The topological polar surface area (TPSA) is 46.3 Å². The molecule has 0 bridgehead atoms. The van der Waals surface area contributed by atoms with Gasteiger partial charge in [-0.3, -0.25) is 4.79 Å². The van der Waals surface area contributed by atoms with Gasteiger partial charge in [0.1, 0.15) is 5.52 Å². The average Bonchev–Trinajstić information content (AvgIpc) is 3.23. The number of aromatic nitrogens is 1. The predicted octanol–water partition coefficient (Wildman–Crippen LogP) is 4.11. The largest absolute Gasteiger partial charge is 0.440 e. The fourth-order valence-corrected chi connectivity index (χ4v) is 3.70. The van der Waals surface area contributed by atoms with E-state index < -0.39 is 0 Å². The van der Waals surface area contributed by atoms with E-state index in [4.69, 9.17) is 4.42 Å². The first-order valence-electron chi connectivity index (χ1n) is 8.51. The lowest BCUT2D eigenvalue weighted by atomic mass is 9.89. The number of hydrogen-bond donors (Lipinski definition) is 0. The minimum Gasteiger partial charge on any atom is -0.440 e. The summed E-state index contributed by atoms with van der Waals surface area (Å²) in [7, 11) is 0. The van der Waals surface area contributed by atoms with Crippen LogP contribution in [0.1, 0.15) is 67.1 Å². The molecule has 2 aliphatic rings. The Labute approximate surface area is 130 Å². The molecular formula is C18H22N2O2. The lowest BCUT2D eigenvalue weighted by molar-refractivity contribution is 0.0793. The molecule has 0 N–H and O–H groups in total. The summed E-state index contributed by atoms with van der Waals surface area (Å²) in [6.45, 7) is 1.75. The number of nitrogens with zero attached hydrogens (tertiary/aromatic N) is 2. The van der Waals surface area contributed by atoms with Crippen LogP contribution in [-0.2, 0) is 0 Å². The number of likely N-dealkylation sites (tertiary alicyclic amines) is 1. The number of fused-ring (bicyclic) bond motifs is 1. The van der Waals surface area contributed by atoms with Crippen LogP contribution in [0.15, 0.2) is 22.6 Å². The summed E-state index contributed by atoms with van der Waals surface area (Å²) in [6.07, 6.45) is 8.43. The molecule has 1 saturated carbocycles. The van der Waals surface area contributed by atoms with Crippen molar-refractivity contribution >= 4 is 17.0 Å². The van der Waals surface area contributed by atoms with E-state index >= 15 is 0 Å². The van der Waals surface area contributed by atoms with E-state index in [2.05, 4.69) is 4.98 Å². The van der Waals surface area contributed by atoms with Crippen LogP contribution in [-0.4, -0.2) is 28.9 Å². The molecule has 1 aliphatic heterocycles. The van der Waals surface area contributed by atoms with Crippen molar-refractivity contribution in [3.63, 3.8) is 0 Å². The van der Waals surface area contributed by atoms with Crippen LogP contribution in [0.5, 0.6) is 0 Å². The summed E-state index contributed by atoms with van der Waals surface area (Å²) in [5.41, 5.74) is 2.35. The molecule has 1 saturated heterocycles. The highest BCUT2D eigenvalue weighted by Gasteiger charge is 2.23. The third-order valence-electron chi connectivity index (χ3n) is 5.00. The molecule has 22 heavy (non-hydrogen) atoms. The molecule has 1 amide bonds. The van der Waals surface area contributed by atoms with Crippen LogP contribution < -0.4 is 0 Å². The average molecular weight is 298 g/mol. The monoisotopic (exact) mass is 298 g/mol. The van der Waals surface area contributed by atoms with Gasteiger partial charge in [0.15, 0.2) is 11.5 Å². The fourth-order valence-electron chi connectivity index (χ4n) is 3.70. The normalized spacial score (nSPS) is 19.9. The van der Waals surface area contributed by atoms with Gasteiger partial charge < -0.3 is 9.32 Å².